The van der Waals surface area contributed by atoms with Crippen LogP contribution < -0.4 is 5.32 Å². The van der Waals surface area contributed by atoms with Gasteiger partial charge in [0.1, 0.15) is 6.33 Å². The van der Waals surface area contributed by atoms with Crippen molar-refractivity contribution in [2.75, 3.05) is 18.4 Å². The number of carbonyl (C=O) groups excluding carboxylic acids is 2. The maximum atomic E-state index is 12.4. The molecule has 24 heavy (non-hydrogen) atoms. The van der Waals surface area contributed by atoms with Crippen LogP contribution >= 0.6 is 0 Å². The van der Waals surface area contributed by atoms with Crippen LogP contribution in [-0.2, 0) is 9.59 Å². The van der Waals surface area contributed by atoms with Gasteiger partial charge < -0.3 is 10.2 Å². The lowest BCUT2D eigenvalue weighted by Gasteiger charge is -2.18. The Bertz CT molecular complexity index is 711. The van der Waals surface area contributed by atoms with Crippen molar-refractivity contribution in [2.45, 2.75) is 20.3 Å². The third-order valence-corrected chi connectivity index (χ3v) is 3.92. The standard InChI is InChI=1S/C16H20N6O2/c1-11(2)8-21-9-12(7-15(21)23)16(24)18-13-3-5-14(6-4-13)22-10-17-19-20-22/h3-6,10-12H,7-9H2,1-2H3,(H,18,24)/t12-/m1/s1. The average molecular weight is 328 g/mol. The van der Waals surface area contributed by atoms with Crippen molar-refractivity contribution < 1.29 is 9.59 Å². The number of hydrogen-bond acceptors (Lipinski definition) is 5. The minimum absolute atomic E-state index is 0.0536. The summed E-state index contributed by atoms with van der Waals surface area (Å²) in [6, 6.07) is 7.21. The van der Waals surface area contributed by atoms with Crippen molar-refractivity contribution in [3.05, 3.63) is 30.6 Å². The largest absolute Gasteiger partial charge is 0.342 e. The first kappa shape index (κ1) is 16.1. The van der Waals surface area contributed by atoms with E-state index in [0.717, 1.165) is 5.69 Å². The van der Waals surface area contributed by atoms with Gasteiger partial charge in [-0.25, -0.2) is 4.68 Å². The first-order valence-electron chi connectivity index (χ1n) is 7.95. The Morgan fingerprint density at radius 1 is 1.33 bits per heavy atom. The van der Waals surface area contributed by atoms with E-state index in [2.05, 4.69) is 34.7 Å². The molecule has 0 radical (unpaired) electrons. The Morgan fingerprint density at radius 2 is 2.08 bits per heavy atom. The smallest absolute Gasteiger partial charge is 0.229 e. The highest BCUT2D eigenvalue weighted by atomic mass is 16.2. The zero-order valence-electron chi connectivity index (χ0n) is 13.7. The normalized spacial score (nSPS) is 17.5. The number of benzene rings is 1. The second kappa shape index (κ2) is 6.77. The number of anilines is 1. The van der Waals surface area contributed by atoms with E-state index >= 15 is 0 Å². The first-order chi connectivity index (χ1) is 11.5. The molecule has 3 rings (SSSR count). The van der Waals surface area contributed by atoms with Crippen molar-refractivity contribution in [2.24, 2.45) is 11.8 Å². The summed E-state index contributed by atoms with van der Waals surface area (Å²) in [6.45, 7) is 5.31. The molecule has 1 aromatic carbocycles. The van der Waals surface area contributed by atoms with Gasteiger partial charge in [0.25, 0.3) is 0 Å². The highest BCUT2D eigenvalue weighted by Crippen LogP contribution is 2.21. The molecule has 2 amide bonds. The first-order valence-corrected chi connectivity index (χ1v) is 7.95. The molecule has 1 aliphatic rings. The summed E-state index contributed by atoms with van der Waals surface area (Å²) in [7, 11) is 0. The molecule has 0 spiro atoms. The fraction of sp³-hybridized carbons (Fsp3) is 0.438. The highest BCUT2D eigenvalue weighted by molar-refractivity contribution is 5.97. The fourth-order valence-electron chi connectivity index (χ4n) is 2.79. The molecular weight excluding hydrogens is 308 g/mol. The van der Waals surface area contributed by atoms with E-state index in [1.807, 2.05) is 12.1 Å². The Kier molecular flexibility index (Phi) is 4.54. The Morgan fingerprint density at radius 3 is 2.71 bits per heavy atom. The van der Waals surface area contributed by atoms with Gasteiger partial charge in [0, 0.05) is 25.2 Å². The predicted octanol–water partition coefficient (Wildman–Crippen LogP) is 1.11. The molecule has 1 aliphatic heterocycles. The van der Waals surface area contributed by atoms with Gasteiger partial charge in [-0.15, -0.1) is 5.10 Å². The second-order valence-corrected chi connectivity index (χ2v) is 6.38. The third kappa shape index (κ3) is 3.58. The van der Waals surface area contributed by atoms with Crippen LogP contribution in [0.25, 0.3) is 5.69 Å². The number of likely N-dealkylation sites (tertiary alicyclic amines) is 1. The lowest BCUT2D eigenvalue weighted by molar-refractivity contribution is -0.128. The van der Waals surface area contributed by atoms with Crippen molar-refractivity contribution in [3.63, 3.8) is 0 Å². The lowest BCUT2D eigenvalue weighted by Crippen LogP contribution is -2.31. The van der Waals surface area contributed by atoms with Crippen LogP contribution in [0.4, 0.5) is 5.69 Å². The van der Waals surface area contributed by atoms with Gasteiger partial charge in [-0.2, -0.15) is 0 Å². The summed E-state index contributed by atoms with van der Waals surface area (Å²) in [5.74, 6) is 0.0349. The van der Waals surface area contributed by atoms with Gasteiger partial charge in [-0.3, -0.25) is 9.59 Å². The number of amides is 2. The zero-order chi connectivity index (χ0) is 17.1. The Labute approximate surface area is 139 Å². The molecule has 1 N–H and O–H groups in total. The number of rotatable bonds is 5. The van der Waals surface area contributed by atoms with E-state index in [1.165, 1.54) is 11.0 Å². The quantitative estimate of drug-likeness (QED) is 0.887. The van der Waals surface area contributed by atoms with E-state index in [0.29, 0.717) is 24.7 Å². The van der Waals surface area contributed by atoms with Crippen LogP contribution in [0.15, 0.2) is 30.6 Å². The summed E-state index contributed by atoms with van der Waals surface area (Å²) in [6.07, 6.45) is 1.78. The van der Waals surface area contributed by atoms with Crippen LogP contribution in [0.3, 0.4) is 0 Å². The molecule has 126 valence electrons. The number of aromatic nitrogens is 4. The molecule has 2 aromatic rings. The van der Waals surface area contributed by atoms with Gasteiger partial charge >= 0.3 is 0 Å². The molecule has 8 heteroatoms. The number of tetrazole rings is 1. The number of carbonyl (C=O) groups is 2. The van der Waals surface area contributed by atoms with Crippen molar-refractivity contribution in [1.82, 2.24) is 25.1 Å². The van der Waals surface area contributed by atoms with E-state index in [-0.39, 0.29) is 24.2 Å². The maximum Gasteiger partial charge on any atom is 0.229 e. The second-order valence-electron chi connectivity index (χ2n) is 6.38. The molecule has 0 bridgehead atoms. The summed E-state index contributed by atoms with van der Waals surface area (Å²) in [5.41, 5.74) is 1.49. The molecule has 1 atom stereocenters. The van der Waals surface area contributed by atoms with Crippen LogP contribution in [0.5, 0.6) is 0 Å². The van der Waals surface area contributed by atoms with Gasteiger partial charge in [0.05, 0.1) is 11.6 Å². The third-order valence-electron chi connectivity index (χ3n) is 3.92. The number of hydrogen-bond donors (Lipinski definition) is 1. The molecule has 1 saturated heterocycles. The van der Waals surface area contributed by atoms with Gasteiger partial charge in [-0.05, 0) is 40.6 Å². The van der Waals surface area contributed by atoms with Crippen molar-refractivity contribution in [1.29, 1.82) is 0 Å². The van der Waals surface area contributed by atoms with E-state index < -0.39 is 0 Å². The molecule has 0 unspecified atom stereocenters. The molecule has 8 nitrogen and oxygen atoms in total. The monoisotopic (exact) mass is 328 g/mol. The lowest BCUT2D eigenvalue weighted by atomic mass is 10.1. The van der Waals surface area contributed by atoms with Gasteiger partial charge in [-0.1, -0.05) is 13.8 Å². The van der Waals surface area contributed by atoms with E-state index in [1.54, 1.807) is 17.0 Å². The van der Waals surface area contributed by atoms with Crippen molar-refractivity contribution in [3.8, 4) is 5.69 Å². The van der Waals surface area contributed by atoms with Gasteiger partial charge in [0.15, 0.2) is 0 Å². The summed E-state index contributed by atoms with van der Waals surface area (Å²) < 4.78 is 1.53. The molecule has 0 aliphatic carbocycles. The number of nitrogens with one attached hydrogen (secondary N) is 1. The van der Waals surface area contributed by atoms with Crippen LogP contribution in [0.1, 0.15) is 20.3 Å². The molecule has 2 heterocycles. The van der Waals surface area contributed by atoms with Gasteiger partial charge in [0.2, 0.25) is 11.8 Å². The SMILES string of the molecule is CC(C)CN1C[C@H](C(=O)Nc2ccc(-n3cnnn3)cc2)CC1=O. The Balaban J connectivity index is 1.60. The fourth-order valence-corrected chi connectivity index (χ4v) is 2.79. The average Bonchev–Trinajstić information content (AvgIpc) is 3.18. The van der Waals surface area contributed by atoms with E-state index in [4.69, 9.17) is 0 Å². The van der Waals surface area contributed by atoms with E-state index in [9.17, 15) is 9.59 Å². The maximum absolute atomic E-state index is 12.4. The highest BCUT2D eigenvalue weighted by Gasteiger charge is 2.34. The molecular formula is C16H20N6O2. The summed E-state index contributed by atoms with van der Waals surface area (Å²) in [4.78, 5) is 26.1. The topological polar surface area (TPSA) is 93.0 Å². The number of nitrogens with zero attached hydrogens (tertiary/aromatic N) is 5. The summed E-state index contributed by atoms with van der Waals surface area (Å²) in [5, 5.41) is 13.8. The molecule has 0 saturated carbocycles. The molecule has 1 fully saturated rings. The van der Waals surface area contributed by atoms with Crippen LogP contribution in [0.2, 0.25) is 0 Å². The predicted molar refractivity (Wildman–Crippen MR) is 87.3 cm³/mol. The van der Waals surface area contributed by atoms with Crippen LogP contribution in [0, 0.1) is 11.8 Å². The summed E-state index contributed by atoms with van der Waals surface area (Å²) >= 11 is 0. The molecule has 1 aromatic heterocycles. The minimum atomic E-state index is -0.296. The zero-order valence-corrected chi connectivity index (χ0v) is 13.7. The van der Waals surface area contributed by atoms with Crippen LogP contribution in [-0.4, -0.2) is 50.0 Å². The minimum Gasteiger partial charge on any atom is -0.342 e. The van der Waals surface area contributed by atoms with Crippen molar-refractivity contribution >= 4 is 17.5 Å². The Hall–Kier alpha value is -2.77.